The van der Waals surface area contributed by atoms with Crippen molar-refractivity contribution in [1.82, 2.24) is 14.5 Å². The molecule has 6 nitrogen and oxygen atoms in total. The minimum absolute atomic E-state index is 0.0819. The van der Waals surface area contributed by atoms with Gasteiger partial charge in [0.1, 0.15) is 0 Å². The number of hydrogen-bond acceptors (Lipinski definition) is 4. The van der Waals surface area contributed by atoms with E-state index < -0.39 is 10.0 Å². The maximum Gasteiger partial charge on any atom is 0.259 e. The molecule has 0 amide bonds. The number of sulfonamides is 1. The first kappa shape index (κ1) is 10.2. The molecule has 0 spiro atoms. The van der Waals surface area contributed by atoms with E-state index in [9.17, 15) is 8.42 Å². The van der Waals surface area contributed by atoms with Crippen LogP contribution < -0.4 is 4.72 Å². The zero-order valence-corrected chi connectivity index (χ0v) is 8.17. The fraction of sp³-hybridized carbons (Fsp3) is 0.500. The lowest BCUT2D eigenvalue weighted by molar-refractivity contribution is 0.270. The molecule has 0 aliphatic rings. The molecule has 0 aromatic carbocycles. The van der Waals surface area contributed by atoms with Crippen LogP contribution in [0.3, 0.4) is 0 Å². The molecule has 74 valence electrons. The normalized spacial score (nSPS) is 11.9. The average Bonchev–Trinajstić information content (AvgIpc) is 2.47. The zero-order chi connectivity index (χ0) is 10.1. The highest BCUT2D eigenvalue weighted by Gasteiger charge is 2.16. The number of aromatic nitrogens is 2. The van der Waals surface area contributed by atoms with Gasteiger partial charge in [-0.3, -0.25) is 4.68 Å². The molecular formula is C6H11N3O3S. The van der Waals surface area contributed by atoms with Crippen LogP contribution in [0.4, 0.5) is 0 Å². The summed E-state index contributed by atoms with van der Waals surface area (Å²) >= 11 is 0. The van der Waals surface area contributed by atoms with Crippen LogP contribution in [0, 0.1) is 0 Å². The van der Waals surface area contributed by atoms with Gasteiger partial charge in [-0.15, -0.1) is 0 Å². The fourth-order valence-corrected chi connectivity index (χ4v) is 1.59. The van der Waals surface area contributed by atoms with Crippen molar-refractivity contribution < 1.29 is 13.5 Å². The number of aliphatic hydroxyl groups excluding tert-OH is 1. The number of rotatable bonds is 3. The van der Waals surface area contributed by atoms with Gasteiger partial charge in [0.2, 0.25) is 0 Å². The van der Waals surface area contributed by atoms with E-state index in [-0.39, 0.29) is 11.6 Å². The van der Waals surface area contributed by atoms with Gasteiger partial charge in [-0.2, -0.15) is 5.10 Å². The summed E-state index contributed by atoms with van der Waals surface area (Å²) in [5, 5.41) is 12.4. The fourth-order valence-electron chi connectivity index (χ4n) is 0.861. The van der Waals surface area contributed by atoms with Gasteiger partial charge in [0.15, 0.2) is 5.03 Å². The summed E-state index contributed by atoms with van der Waals surface area (Å²) in [4.78, 5) is 0. The van der Waals surface area contributed by atoms with Crippen molar-refractivity contribution in [1.29, 1.82) is 0 Å². The Morgan fingerprint density at radius 1 is 1.69 bits per heavy atom. The second-order valence-electron chi connectivity index (χ2n) is 2.46. The van der Waals surface area contributed by atoms with Crippen LogP contribution in [0.2, 0.25) is 0 Å². The minimum atomic E-state index is -3.50. The van der Waals surface area contributed by atoms with E-state index in [1.165, 1.54) is 17.8 Å². The predicted molar refractivity (Wildman–Crippen MR) is 45.4 cm³/mol. The van der Waals surface area contributed by atoms with Crippen LogP contribution in [0.25, 0.3) is 0 Å². The maximum absolute atomic E-state index is 11.2. The molecule has 7 heteroatoms. The Balaban J connectivity index is 3.19. The quantitative estimate of drug-likeness (QED) is 0.650. The Labute approximate surface area is 76.2 Å². The lowest BCUT2D eigenvalue weighted by Crippen LogP contribution is -2.19. The second-order valence-corrected chi connectivity index (χ2v) is 4.30. The third-order valence-electron chi connectivity index (χ3n) is 1.66. The topological polar surface area (TPSA) is 84.2 Å². The first-order valence-corrected chi connectivity index (χ1v) is 5.07. The van der Waals surface area contributed by atoms with Gasteiger partial charge in [-0.05, 0) is 7.05 Å². The second kappa shape index (κ2) is 3.44. The van der Waals surface area contributed by atoms with Gasteiger partial charge in [0, 0.05) is 13.1 Å². The molecule has 1 aromatic rings. The smallest absolute Gasteiger partial charge is 0.259 e. The molecule has 1 rings (SSSR count). The molecular weight excluding hydrogens is 194 g/mol. The summed E-state index contributed by atoms with van der Waals surface area (Å²) < 4.78 is 25.9. The van der Waals surface area contributed by atoms with Crippen LogP contribution >= 0.6 is 0 Å². The average molecular weight is 205 g/mol. The molecule has 0 bridgehead atoms. The molecule has 2 N–H and O–H groups in total. The number of nitrogens with one attached hydrogen (secondary N) is 1. The molecule has 0 unspecified atom stereocenters. The molecule has 0 aliphatic carbocycles. The standard InChI is InChI=1S/C6H11N3O3S/c1-7-13(11,12)6-3-5(4-10)9(2)8-6/h3,7,10H,4H2,1-2H3. The molecule has 13 heavy (non-hydrogen) atoms. The zero-order valence-electron chi connectivity index (χ0n) is 7.35. The number of aliphatic hydroxyl groups is 1. The van der Waals surface area contributed by atoms with Crippen LogP contribution in [-0.4, -0.2) is 30.4 Å². The molecule has 0 saturated carbocycles. The Bertz CT molecular complexity index is 395. The van der Waals surface area contributed by atoms with Crippen LogP contribution in [0.15, 0.2) is 11.1 Å². The Kier molecular flexibility index (Phi) is 2.69. The molecule has 1 aromatic heterocycles. The monoisotopic (exact) mass is 205 g/mol. The van der Waals surface area contributed by atoms with Gasteiger partial charge < -0.3 is 5.11 Å². The first-order valence-electron chi connectivity index (χ1n) is 3.58. The summed E-state index contributed by atoms with van der Waals surface area (Å²) in [5.41, 5.74) is 0.453. The molecule has 0 aliphatic heterocycles. The highest BCUT2D eigenvalue weighted by molar-refractivity contribution is 7.89. The molecule has 0 fully saturated rings. The Hall–Kier alpha value is -0.920. The SMILES string of the molecule is CNS(=O)(=O)c1cc(CO)n(C)n1. The van der Waals surface area contributed by atoms with E-state index in [0.717, 1.165) is 0 Å². The largest absolute Gasteiger partial charge is 0.390 e. The third kappa shape index (κ3) is 1.87. The van der Waals surface area contributed by atoms with Crippen LogP contribution in [-0.2, 0) is 23.7 Å². The van der Waals surface area contributed by atoms with Crippen LogP contribution in [0.1, 0.15) is 5.69 Å². The molecule has 0 saturated heterocycles. The lowest BCUT2D eigenvalue weighted by Gasteiger charge is -1.94. The highest BCUT2D eigenvalue weighted by Crippen LogP contribution is 2.08. The van der Waals surface area contributed by atoms with Crippen molar-refractivity contribution in [2.75, 3.05) is 7.05 Å². The summed E-state index contributed by atoms with van der Waals surface area (Å²) in [5.74, 6) is 0. The number of hydrogen-bond donors (Lipinski definition) is 2. The van der Waals surface area contributed by atoms with Gasteiger partial charge in [0.05, 0.1) is 12.3 Å². The first-order chi connectivity index (χ1) is 6.01. The summed E-state index contributed by atoms with van der Waals surface area (Å²) in [6.07, 6.45) is 0. The van der Waals surface area contributed by atoms with Crippen molar-refractivity contribution in [3.05, 3.63) is 11.8 Å². The summed E-state index contributed by atoms with van der Waals surface area (Å²) in [6, 6.07) is 1.33. The van der Waals surface area contributed by atoms with Crippen molar-refractivity contribution in [2.45, 2.75) is 11.6 Å². The molecule has 0 atom stereocenters. The Morgan fingerprint density at radius 2 is 2.31 bits per heavy atom. The van der Waals surface area contributed by atoms with Gasteiger partial charge in [-0.1, -0.05) is 0 Å². The van der Waals surface area contributed by atoms with Gasteiger partial charge >= 0.3 is 0 Å². The van der Waals surface area contributed by atoms with Crippen molar-refractivity contribution >= 4 is 10.0 Å². The summed E-state index contributed by atoms with van der Waals surface area (Å²) in [7, 11) is -0.625. The van der Waals surface area contributed by atoms with E-state index in [1.54, 1.807) is 7.05 Å². The van der Waals surface area contributed by atoms with E-state index in [1.807, 2.05) is 0 Å². The predicted octanol–water partition coefficient (Wildman–Crippen LogP) is -1.18. The van der Waals surface area contributed by atoms with E-state index in [4.69, 9.17) is 5.11 Å². The number of nitrogens with zero attached hydrogens (tertiary/aromatic N) is 2. The maximum atomic E-state index is 11.2. The van der Waals surface area contributed by atoms with Gasteiger partial charge in [0.25, 0.3) is 10.0 Å². The third-order valence-corrected chi connectivity index (χ3v) is 2.95. The van der Waals surface area contributed by atoms with Crippen molar-refractivity contribution in [3.63, 3.8) is 0 Å². The van der Waals surface area contributed by atoms with Crippen molar-refractivity contribution in [3.8, 4) is 0 Å². The number of aryl methyl sites for hydroxylation is 1. The van der Waals surface area contributed by atoms with E-state index in [0.29, 0.717) is 5.69 Å². The van der Waals surface area contributed by atoms with Crippen LogP contribution in [0.5, 0.6) is 0 Å². The minimum Gasteiger partial charge on any atom is -0.390 e. The molecule has 1 heterocycles. The highest BCUT2D eigenvalue weighted by atomic mass is 32.2. The van der Waals surface area contributed by atoms with E-state index in [2.05, 4.69) is 9.82 Å². The van der Waals surface area contributed by atoms with Gasteiger partial charge in [-0.25, -0.2) is 13.1 Å². The molecule has 0 radical (unpaired) electrons. The van der Waals surface area contributed by atoms with Crippen molar-refractivity contribution in [2.24, 2.45) is 7.05 Å². The van der Waals surface area contributed by atoms with E-state index >= 15 is 0 Å². The lowest BCUT2D eigenvalue weighted by atomic mass is 10.5. The Morgan fingerprint density at radius 3 is 2.69 bits per heavy atom. The summed E-state index contributed by atoms with van der Waals surface area (Å²) in [6.45, 7) is -0.233.